The van der Waals surface area contributed by atoms with Crippen LogP contribution in [0.5, 0.6) is 0 Å². The van der Waals surface area contributed by atoms with Gasteiger partial charge in [0.05, 0.1) is 11.1 Å². The van der Waals surface area contributed by atoms with Gasteiger partial charge in [0, 0.05) is 22.1 Å². The molecule has 2 heteroatoms. The molecular formula is C43H29NO. The van der Waals surface area contributed by atoms with Crippen molar-refractivity contribution < 1.29 is 4.42 Å². The number of rotatable bonds is 5. The van der Waals surface area contributed by atoms with E-state index in [1.54, 1.807) is 0 Å². The van der Waals surface area contributed by atoms with Crippen LogP contribution in [0.25, 0.3) is 33.1 Å². The first-order valence-electron chi connectivity index (χ1n) is 15.4. The van der Waals surface area contributed by atoms with Gasteiger partial charge in [0.25, 0.3) is 0 Å². The van der Waals surface area contributed by atoms with Gasteiger partial charge in [-0.05, 0) is 69.8 Å². The molecule has 0 aliphatic heterocycles. The van der Waals surface area contributed by atoms with E-state index in [-0.39, 0.29) is 0 Å². The third-order valence-electron chi connectivity index (χ3n) is 9.34. The Balaban J connectivity index is 1.31. The van der Waals surface area contributed by atoms with Gasteiger partial charge in [-0.25, -0.2) is 0 Å². The van der Waals surface area contributed by atoms with Crippen molar-refractivity contribution in [2.24, 2.45) is 0 Å². The van der Waals surface area contributed by atoms with Gasteiger partial charge in [0.15, 0.2) is 5.58 Å². The van der Waals surface area contributed by atoms with E-state index in [1.807, 2.05) is 0 Å². The molecule has 0 bridgehead atoms. The summed E-state index contributed by atoms with van der Waals surface area (Å²) in [5.41, 5.74) is 12.1. The summed E-state index contributed by atoms with van der Waals surface area (Å²) >= 11 is 0. The smallest absolute Gasteiger partial charge is 0.159 e. The Morgan fingerprint density at radius 2 is 0.978 bits per heavy atom. The van der Waals surface area contributed by atoms with Crippen LogP contribution in [0.3, 0.4) is 0 Å². The lowest BCUT2D eigenvalue weighted by atomic mass is 9.67. The third kappa shape index (κ3) is 3.76. The van der Waals surface area contributed by atoms with Gasteiger partial charge in [-0.3, -0.25) is 0 Å². The van der Waals surface area contributed by atoms with Gasteiger partial charge in [-0.1, -0.05) is 140 Å². The van der Waals surface area contributed by atoms with Crippen LogP contribution in [-0.2, 0) is 5.41 Å². The van der Waals surface area contributed by atoms with Crippen molar-refractivity contribution in [1.82, 2.24) is 0 Å². The summed E-state index contributed by atoms with van der Waals surface area (Å²) in [5.74, 6) is 0. The quantitative estimate of drug-likeness (QED) is 0.203. The third-order valence-corrected chi connectivity index (χ3v) is 9.34. The Labute approximate surface area is 262 Å². The number of hydrogen-bond acceptors (Lipinski definition) is 2. The molecule has 1 heterocycles. The number of para-hydroxylation sites is 3. The maximum absolute atomic E-state index is 6.92. The second-order valence-electron chi connectivity index (χ2n) is 11.7. The zero-order valence-corrected chi connectivity index (χ0v) is 24.6. The van der Waals surface area contributed by atoms with Crippen LogP contribution in [0.2, 0.25) is 0 Å². The van der Waals surface area contributed by atoms with Crippen molar-refractivity contribution in [3.8, 4) is 11.1 Å². The molecule has 0 fully saturated rings. The number of nitrogens with zero attached hydrogens (tertiary/aromatic N) is 1. The molecule has 1 aromatic heterocycles. The first kappa shape index (κ1) is 25.6. The monoisotopic (exact) mass is 575 g/mol. The summed E-state index contributed by atoms with van der Waals surface area (Å²) in [5, 5.41) is 2.21. The molecule has 0 N–H and O–H groups in total. The van der Waals surface area contributed by atoms with Gasteiger partial charge < -0.3 is 9.32 Å². The van der Waals surface area contributed by atoms with Crippen LogP contribution >= 0.6 is 0 Å². The lowest BCUT2D eigenvalue weighted by Gasteiger charge is -2.33. The van der Waals surface area contributed by atoms with Crippen LogP contribution in [0.15, 0.2) is 180 Å². The molecule has 0 atom stereocenters. The standard InChI is InChI=1S/C43H29NO/c1-4-15-30(16-5-1)43(38-24-12-10-21-34(38)35-22-11-13-25-39(35)43)31-27-28-36-37-23-14-26-40(42(37)45-41(36)29-31)44(32-17-6-2-7-18-32)33-19-8-3-9-20-33/h1-29H. The van der Waals surface area contributed by atoms with Crippen molar-refractivity contribution in [2.45, 2.75) is 5.41 Å². The minimum absolute atomic E-state index is 0.468. The molecule has 2 nitrogen and oxygen atoms in total. The van der Waals surface area contributed by atoms with Gasteiger partial charge in [0.2, 0.25) is 0 Å². The maximum Gasteiger partial charge on any atom is 0.159 e. The normalized spacial score (nSPS) is 13.1. The van der Waals surface area contributed by atoms with Gasteiger partial charge in [-0.2, -0.15) is 0 Å². The lowest BCUT2D eigenvalue weighted by Crippen LogP contribution is -2.28. The van der Waals surface area contributed by atoms with E-state index < -0.39 is 5.41 Å². The molecule has 212 valence electrons. The molecule has 45 heavy (non-hydrogen) atoms. The van der Waals surface area contributed by atoms with Crippen LogP contribution in [0, 0.1) is 0 Å². The topological polar surface area (TPSA) is 16.4 Å². The van der Waals surface area contributed by atoms with E-state index in [2.05, 4.69) is 181 Å². The number of hydrogen-bond donors (Lipinski definition) is 0. The molecule has 0 radical (unpaired) electrons. The minimum atomic E-state index is -0.468. The van der Waals surface area contributed by atoms with E-state index in [9.17, 15) is 0 Å². The van der Waals surface area contributed by atoms with E-state index in [0.29, 0.717) is 0 Å². The Kier molecular flexibility index (Phi) is 5.76. The van der Waals surface area contributed by atoms with Crippen LogP contribution in [0.1, 0.15) is 22.3 Å². The first-order valence-corrected chi connectivity index (χ1v) is 15.4. The number of fused-ring (bicyclic) bond motifs is 6. The Morgan fingerprint density at radius 1 is 0.422 bits per heavy atom. The highest BCUT2D eigenvalue weighted by atomic mass is 16.3. The summed E-state index contributed by atoms with van der Waals surface area (Å²) in [6.45, 7) is 0. The van der Waals surface area contributed by atoms with E-state index in [0.717, 1.165) is 39.0 Å². The van der Waals surface area contributed by atoms with Gasteiger partial charge in [-0.15, -0.1) is 0 Å². The zero-order chi connectivity index (χ0) is 29.8. The molecule has 0 amide bonds. The Hall–Kier alpha value is -5.86. The zero-order valence-electron chi connectivity index (χ0n) is 24.6. The molecule has 7 aromatic carbocycles. The highest BCUT2D eigenvalue weighted by Gasteiger charge is 2.46. The van der Waals surface area contributed by atoms with Crippen molar-refractivity contribution in [2.75, 3.05) is 4.90 Å². The highest BCUT2D eigenvalue weighted by molar-refractivity contribution is 6.10. The number of furan rings is 1. The van der Waals surface area contributed by atoms with Crippen LogP contribution in [0.4, 0.5) is 17.1 Å². The SMILES string of the molecule is c1ccc(N(c2ccccc2)c2cccc3c2oc2cc(C4(c5ccccc5)c5ccccc5-c5ccccc54)ccc23)cc1. The molecular weight excluding hydrogens is 546 g/mol. The predicted molar refractivity (Wildman–Crippen MR) is 186 cm³/mol. The summed E-state index contributed by atoms with van der Waals surface area (Å²) in [7, 11) is 0. The minimum Gasteiger partial charge on any atom is -0.454 e. The summed E-state index contributed by atoms with van der Waals surface area (Å²) < 4.78 is 6.92. The Morgan fingerprint density at radius 3 is 1.60 bits per heavy atom. The number of benzene rings is 7. The second kappa shape index (κ2) is 10.1. The van der Waals surface area contributed by atoms with Crippen molar-refractivity contribution in [1.29, 1.82) is 0 Å². The average molecular weight is 576 g/mol. The molecule has 0 unspecified atom stereocenters. The lowest BCUT2D eigenvalue weighted by molar-refractivity contribution is 0.666. The highest BCUT2D eigenvalue weighted by Crippen LogP contribution is 2.56. The molecule has 0 saturated heterocycles. The fraction of sp³-hybridized carbons (Fsp3) is 0.0233. The largest absolute Gasteiger partial charge is 0.454 e. The van der Waals surface area contributed by atoms with E-state index in [1.165, 1.54) is 33.4 Å². The molecule has 8 aromatic rings. The average Bonchev–Trinajstić information content (AvgIpc) is 3.64. The first-order chi connectivity index (χ1) is 22.3. The fourth-order valence-corrected chi connectivity index (χ4v) is 7.49. The Bertz CT molecular complexity index is 2240. The molecule has 1 aliphatic rings. The van der Waals surface area contributed by atoms with E-state index >= 15 is 0 Å². The maximum atomic E-state index is 6.92. The van der Waals surface area contributed by atoms with Gasteiger partial charge in [0.1, 0.15) is 5.58 Å². The predicted octanol–water partition coefficient (Wildman–Crippen LogP) is 11.4. The molecule has 9 rings (SSSR count). The molecule has 0 spiro atoms. The van der Waals surface area contributed by atoms with E-state index in [4.69, 9.17) is 4.42 Å². The molecule has 1 aliphatic carbocycles. The van der Waals surface area contributed by atoms with Crippen LogP contribution < -0.4 is 4.90 Å². The fourth-order valence-electron chi connectivity index (χ4n) is 7.49. The summed E-state index contributed by atoms with van der Waals surface area (Å²) in [6.07, 6.45) is 0. The molecule has 0 saturated carbocycles. The van der Waals surface area contributed by atoms with Crippen LogP contribution in [-0.4, -0.2) is 0 Å². The number of anilines is 3. The summed E-state index contributed by atoms with van der Waals surface area (Å²) in [4.78, 5) is 2.28. The van der Waals surface area contributed by atoms with Gasteiger partial charge >= 0.3 is 0 Å². The van der Waals surface area contributed by atoms with Crippen molar-refractivity contribution >= 4 is 39.0 Å². The summed E-state index contributed by atoms with van der Waals surface area (Å²) in [6, 6.07) is 62.9. The second-order valence-corrected chi connectivity index (χ2v) is 11.7. The van der Waals surface area contributed by atoms with Crippen molar-refractivity contribution in [3.63, 3.8) is 0 Å². The van der Waals surface area contributed by atoms with Crippen molar-refractivity contribution in [3.05, 3.63) is 198 Å².